The van der Waals surface area contributed by atoms with Gasteiger partial charge in [0.15, 0.2) is 0 Å². The maximum Gasteiger partial charge on any atom is 0.271 e. The molecule has 0 unspecified atom stereocenters. The van der Waals surface area contributed by atoms with Crippen molar-refractivity contribution in [3.8, 4) is 5.69 Å². The van der Waals surface area contributed by atoms with E-state index in [0.29, 0.717) is 43.3 Å². The molecule has 3 aromatic rings. The lowest BCUT2D eigenvalue weighted by Gasteiger charge is -2.23. The number of nitrogens with zero attached hydrogens (tertiary/aromatic N) is 4. The average Bonchev–Trinajstić information content (AvgIpc) is 3.08. The van der Waals surface area contributed by atoms with Crippen LogP contribution in [0.1, 0.15) is 30.0 Å². The van der Waals surface area contributed by atoms with E-state index in [1.807, 2.05) is 56.0 Å². The number of anilines is 1. The van der Waals surface area contributed by atoms with Crippen LogP contribution in [-0.4, -0.2) is 48.7 Å². The Labute approximate surface area is 195 Å². The van der Waals surface area contributed by atoms with Crippen molar-refractivity contribution in [1.29, 1.82) is 0 Å². The summed E-state index contributed by atoms with van der Waals surface area (Å²) in [5.41, 5.74) is 3.88. The fourth-order valence-electron chi connectivity index (χ4n) is 4.02. The van der Waals surface area contributed by atoms with Crippen molar-refractivity contribution in [1.82, 2.24) is 14.1 Å². The van der Waals surface area contributed by atoms with Crippen LogP contribution in [0.5, 0.6) is 0 Å². The SMILES string of the molecule is CCc1ccc(S(=O)(=O)N2CCCN(c3ccc(=O)n(-c4ccc(C)c(C)c4)n3)CC2)cc1. The molecule has 0 radical (unpaired) electrons. The molecule has 0 bridgehead atoms. The third-order valence-corrected chi connectivity index (χ3v) is 8.18. The fourth-order valence-corrected chi connectivity index (χ4v) is 5.49. The van der Waals surface area contributed by atoms with Gasteiger partial charge in [0.2, 0.25) is 10.0 Å². The Balaban J connectivity index is 1.55. The van der Waals surface area contributed by atoms with Gasteiger partial charge in [0, 0.05) is 32.2 Å². The first kappa shape index (κ1) is 23.2. The van der Waals surface area contributed by atoms with E-state index in [2.05, 4.69) is 5.10 Å². The van der Waals surface area contributed by atoms with Crippen molar-refractivity contribution >= 4 is 15.8 Å². The average molecular weight is 467 g/mol. The van der Waals surface area contributed by atoms with Crippen LogP contribution in [0.15, 0.2) is 64.3 Å². The zero-order valence-electron chi connectivity index (χ0n) is 19.4. The van der Waals surface area contributed by atoms with Crippen molar-refractivity contribution < 1.29 is 8.42 Å². The minimum absolute atomic E-state index is 0.198. The predicted octanol–water partition coefficient (Wildman–Crippen LogP) is 3.31. The van der Waals surface area contributed by atoms with Crippen molar-refractivity contribution in [2.24, 2.45) is 0 Å². The first-order valence-corrected chi connectivity index (χ1v) is 12.8. The summed E-state index contributed by atoms with van der Waals surface area (Å²) in [4.78, 5) is 14.9. The van der Waals surface area contributed by atoms with Gasteiger partial charge in [0.1, 0.15) is 5.82 Å². The molecule has 0 N–H and O–H groups in total. The molecule has 174 valence electrons. The third-order valence-electron chi connectivity index (χ3n) is 6.27. The molecule has 0 aliphatic carbocycles. The molecule has 8 heteroatoms. The van der Waals surface area contributed by atoms with Gasteiger partial charge in [0.25, 0.3) is 5.56 Å². The number of rotatable bonds is 5. The van der Waals surface area contributed by atoms with Gasteiger partial charge >= 0.3 is 0 Å². The van der Waals surface area contributed by atoms with E-state index >= 15 is 0 Å². The van der Waals surface area contributed by atoms with Crippen molar-refractivity contribution in [3.05, 3.63) is 81.6 Å². The highest BCUT2D eigenvalue weighted by atomic mass is 32.2. The van der Waals surface area contributed by atoms with Gasteiger partial charge in [-0.2, -0.15) is 8.99 Å². The summed E-state index contributed by atoms with van der Waals surface area (Å²) in [5, 5.41) is 4.61. The van der Waals surface area contributed by atoms with Gasteiger partial charge in [-0.05, 0) is 73.7 Å². The summed E-state index contributed by atoms with van der Waals surface area (Å²) in [6.07, 6.45) is 1.55. The van der Waals surface area contributed by atoms with Gasteiger partial charge in [-0.3, -0.25) is 4.79 Å². The minimum Gasteiger partial charge on any atom is -0.354 e. The molecule has 4 rings (SSSR count). The van der Waals surface area contributed by atoms with Gasteiger partial charge in [0.05, 0.1) is 10.6 Å². The highest BCUT2D eigenvalue weighted by Crippen LogP contribution is 2.21. The molecule has 33 heavy (non-hydrogen) atoms. The molecule has 0 spiro atoms. The van der Waals surface area contributed by atoms with Crippen LogP contribution in [0.3, 0.4) is 0 Å². The first-order chi connectivity index (χ1) is 15.8. The molecule has 0 atom stereocenters. The van der Waals surface area contributed by atoms with Gasteiger partial charge in [-0.1, -0.05) is 25.1 Å². The fraction of sp³-hybridized carbons (Fsp3) is 0.360. The summed E-state index contributed by atoms with van der Waals surface area (Å²) in [7, 11) is -3.55. The molecule has 0 saturated carbocycles. The molecule has 1 aliphatic rings. The Morgan fingerprint density at radius 2 is 1.64 bits per heavy atom. The quantitative estimate of drug-likeness (QED) is 0.577. The van der Waals surface area contributed by atoms with E-state index in [1.165, 1.54) is 10.7 Å². The second-order valence-corrected chi connectivity index (χ2v) is 10.4. The lowest BCUT2D eigenvalue weighted by molar-refractivity contribution is 0.433. The summed E-state index contributed by atoms with van der Waals surface area (Å²) in [6, 6.07) is 16.2. The predicted molar refractivity (Wildman–Crippen MR) is 131 cm³/mol. The molecule has 1 fully saturated rings. The number of aryl methyl sites for hydroxylation is 3. The highest BCUT2D eigenvalue weighted by Gasteiger charge is 2.27. The van der Waals surface area contributed by atoms with E-state index in [0.717, 1.165) is 28.8 Å². The van der Waals surface area contributed by atoms with E-state index in [9.17, 15) is 13.2 Å². The largest absolute Gasteiger partial charge is 0.354 e. The highest BCUT2D eigenvalue weighted by molar-refractivity contribution is 7.89. The van der Waals surface area contributed by atoms with Crippen LogP contribution in [0.2, 0.25) is 0 Å². The Hall–Kier alpha value is -2.97. The summed E-state index contributed by atoms with van der Waals surface area (Å²) in [6.45, 7) is 8.06. The molecular weight excluding hydrogens is 436 g/mol. The first-order valence-electron chi connectivity index (χ1n) is 11.3. The zero-order chi connectivity index (χ0) is 23.6. The Morgan fingerprint density at radius 3 is 2.33 bits per heavy atom. The molecule has 0 amide bonds. The molecule has 1 saturated heterocycles. The molecule has 1 aliphatic heterocycles. The van der Waals surface area contributed by atoms with Crippen LogP contribution in [-0.2, 0) is 16.4 Å². The molecule has 7 nitrogen and oxygen atoms in total. The number of benzene rings is 2. The van der Waals surface area contributed by atoms with E-state index in [4.69, 9.17) is 0 Å². The zero-order valence-corrected chi connectivity index (χ0v) is 20.2. The van der Waals surface area contributed by atoms with Gasteiger partial charge in [-0.15, -0.1) is 5.10 Å². The van der Waals surface area contributed by atoms with Gasteiger partial charge < -0.3 is 4.90 Å². The maximum atomic E-state index is 13.2. The van der Waals surface area contributed by atoms with Crippen LogP contribution < -0.4 is 10.5 Å². The molecular formula is C25H30N4O3S. The standard InChI is InChI=1S/C25H30N4O3S/c1-4-21-7-10-23(11-8-21)33(31,32)28-15-5-14-27(16-17-28)24-12-13-25(30)29(26-24)22-9-6-19(2)20(3)18-22/h6-13,18H,4-5,14-17H2,1-3H3. The van der Waals surface area contributed by atoms with E-state index in [1.54, 1.807) is 22.5 Å². The summed E-state index contributed by atoms with van der Waals surface area (Å²) >= 11 is 0. The van der Waals surface area contributed by atoms with Crippen LogP contribution in [0, 0.1) is 13.8 Å². The Bertz CT molecular complexity index is 1300. The topological polar surface area (TPSA) is 75.5 Å². The maximum absolute atomic E-state index is 13.2. The molecule has 2 heterocycles. The smallest absolute Gasteiger partial charge is 0.271 e. The Kier molecular flexibility index (Phi) is 6.67. The normalized spacial score (nSPS) is 15.4. The van der Waals surface area contributed by atoms with Crippen molar-refractivity contribution in [2.75, 3.05) is 31.1 Å². The second kappa shape index (κ2) is 9.49. The van der Waals surface area contributed by atoms with Crippen LogP contribution >= 0.6 is 0 Å². The van der Waals surface area contributed by atoms with Crippen LogP contribution in [0.25, 0.3) is 5.69 Å². The number of aromatic nitrogens is 2. The minimum atomic E-state index is -3.55. The lowest BCUT2D eigenvalue weighted by atomic mass is 10.1. The third kappa shape index (κ3) is 4.86. The molecule has 2 aromatic carbocycles. The second-order valence-electron chi connectivity index (χ2n) is 8.45. The number of sulfonamides is 1. The number of hydrogen-bond donors (Lipinski definition) is 0. The monoisotopic (exact) mass is 466 g/mol. The van der Waals surface area contributed by atoms with Crippen LogP contribution in [0.4, 0.5) is 5.82 Å². The van der Waals surface area contributed by atoms with Crippen molar-refractivity contribution in [2.45, 2.75) is 38.5 Å². The summed E-state index contributed by atoms with van der Waals surface area (Å²) in [5.74, 6) is 0.666. The van der Waals surface area contributed by atoms with Gasteiger partial charge in [-0.25, -0.2) is 8.42 Å². The van der Waals surface area contributed by atoms with E-state index in [-0.39, 0.29) is 5.56 Å². The summed E-state index contributed by atoms with van der Waals surface area (Å²) < 4.78 is 29.3. The number of hydrogen-bond acceptors (Lipinski definition) is 5. The Morgan fingerprint density at radius 1 is 0.879 bits per heavy atom. The van der Waals surface area contributed by atoms with Crippen molar-refractivity contribution in [3.63, 3.8) is 0 Å². The molecule has 1 aromatic heterocycles. The lowest BCUT2D eigenvalue weighted by Crippen LogP contribution is -2.36. The van der Waals surface area contributed by atoms with E-state index < -0.39 is 10.0 Å².